The zero-order valence-electron chi connectivity index (χ0n) is 13.6. The van der Waals surface area contributed by atoms with E-state index in [0.29, 0.717) is 31.5 Å². The molecule has 2 aromatic rings. The van der Waals surface area contributed by atoms with Crippen LogP contribution < -0.4 is 0 Å². The summed E-state index contributed by atoms with van der Waals surface area (Å²) in [4.78, 5) is 18.4. The Labute approximate surface area is 141 Å². The van der Waals surface area contributed by atoms with Crippen LogP contribution in [0.25, 0.3) is 0 Å². The molecule has 0 aliphatic carbocycles. The predicted octanol–water partition coefficient (Wildman–Crippen LogP) is 2.14. The van der Waals surface area contributed by atoms with E-state index >= 15 is 0 Å². The summed E-state index contributed by atoms with van der Waals surface area (Å²) in [7, 11) is 0. The first-order chi connectivity index (χ1) is 11.5. The van der Waals surface area contributed by atoms with Gasteiger partial charge in [0, 0.05) is 32.0 Å². The van der Waals surface area contributed by atoms with Crippen molar-refractivity contribution in [1.29, 1.82) is 5.26 Å². The molecule has 1 aliphatic heterocycles. The van der Waals surface area contributed by atoms with Gasteiger partial charge in [0.2, 0.25) is 0 Å². The summed E-state index contributed by atoms with van der Waals surface area (Å²) in [6.45, 7) is 4.03. The molecule has 1 aromatic carbocycles. The van der Waals surface area contributed by atoms with Crippen LogP contribution in [0.4, 0.5) is 0 Å². The van der Waals surface area contributed by atoms with E-state index in [9.17, 15) is 9.90 Å². The van der Waals surface area contributed by atoms with Crippen molar-refractivity contribution in [2.75, 3.05) is 13.1 Å². The second kappa shape index (κ2) is 6.46. The largest absolute Gasteiger partial charge is 0.479 e. The van der Waals surface area contributed by atoms with Gasteiger partial charge in [-0.05, 0) is 37.5 Å². The Kier molecular flexibility index (Phi) is 4.36. The number of aromatic nitrogens is 2. The number of hydrogen-bond acceptors (Lipinski definition) is 4. The highest BCUT2D eigenvalue weighted by atomic mass is 16.4. The number of carboxylic acids is 1. The molecule has 1 saturated heterocycles. The van der Waals surface area contributed by atoms with E-state index in [4.69, 9.17) is 5.26 Å². The number of aryl methyl sites for hydroxylation is 1. The van der Waals surface area contributed by atoms with Crippen molar-refractivity contribution in [2.24, 2.45) is 0 Å². The molecule has 3 rings (SSSR count). The first-order valence-electron chi connectivity index (χ1n) is 8.00. The summed E-state index contributed by atoms with van der Waals surface area (Å²) in [5.41, 5.74) is 0.885. The van der Waals surface area contributed by atoms with Crippen LogP contribution >= 0.6 is 0 Å². The number of hydrogen-bond donors (Lipinski definition) is 1. The average molecular weight is 324 g/mol. The molecule has 6 heteroatoms. The third kappa shape index (κ3) is 2.91. The second-order valence-electron chi connectivity index (χ2n) is 6.27. The average Bonchev–Trinajstić information content (AvgIpc) is 3.03. The van der Waals surface area contributed by atoms with Gasteiger partial charge in [0.05, 0.1) is 11.6 Å². The minimum atomic E-state index is -0.901. The van der Waals surface area contributed by atoms with E-state index in [2.05, 4.69) is 16.0 Å². The van der Waals surface area contributed by atoms with E-state index in [1.54, 1.807) is 17.0 Å². The fourth-order valence-electron chi connectivity index (χ4n) is 3.41. The molecule has 0 unspecified atom stereocenters. The second-order valence-corrected chi connectivity index (χ2v) is 6.27. The summed E-state index contributed by atoms with van der Waals surface area (Å²) in [6.07, 6.45) is 4.52. The number of carboxylic acid groups (broad SMARTS) is 1. The molecule has 0 amide bonds. The van der Waals surface area contributed by atoms with Gasteiger partial charge in [-0.2, -0.15) is 5.26 Å². The lowest BCUT2D eigenvalue weighted by Gasteiger charge is -2.40. The van der Waals surface area contributed by atoms with Crippen LogP contribution in [0.15, 0.2) is 36.7 Å². The summed E-state index contributed by atoms with van der Waals surface area (Å²) < 4.78 is 1.80. The molecular formula is C18H20N4O2. The third-order valence-corrected chi connectivity index (χ3v) is 4.86. The third-order valence-electron chi connectivity index (χ3n) is 4.86. The molecule has 2 heterocycles. The fourth-order valence-corrected chi connectivity index (χ4v) is 3.41. The van der Waals surface area contributed by atoms with Gasteiger partial charge in [0.25, 0.3) is 0 Å². The SMILES string of the molecule is Cc1nccn1C1(C(=O)O)CCN(Cc2ccc(C#N)cc2)CC1. The van der Waals surface area contributed by atoms with Crippen LogP contribution in [0.3, 0.4) is 0 Å². The zero-order chi connectivity index (χ0) is 17.2. The van der Waals surface area contributed by atoms with Crippen molar-refractivity contribution in [1.82, 2.24) is 14.5 Å². The van der Waals surface area contributed by atoms with Crippen molar-refractivity contribution in [2.45, 2.75) is 31.8 Å². The molecule has 0 spiro atoms. The molecule has 6 nitrogen and oxygen atoms in total. The van der Waals surface area contributed by atoms with E-state index < -0.39 is 11.5 Å². The molecule has 1 aromatic heterocycles. The number of imidazole rings is 1. The van der Waals surface area contributed by atoms with Gasteiger partial charge in [-0.15, -0.1) is 0 Å². The minimum absolute atomic E-state index is 0.551. The Morgan fingerprint density at radius 1 is 1.33 bits per heavy atom. The van der Waals surface area contributed by atoms with Gasteiger partial charge in [0.1, 0.15) is 11.4 Å². The zero-order valence-corrected chi connectivity index (χ0v) is 13.6. The van der Waals surface area contributed by atoms with Gasteiger partial charge in [-0.25, -0.2) is 9.78 Å². The van der Waals surface area contributed by atoms with Crippen LogP contribution in [-0.4, -0.2) is 38.6 Å². The van der Waals surface area contributed by atoms with Crippen molar-refractivity contribution in [3.8, 4) is 6.07 Å². The molecule has 0 saturated carbocycles. The number of aliphatic carboxylic acids is 1. The highest BCUT2D eigenvalue weighted by Gasteiger charge is 2.43. The van der Waals surface area contributed by atoms with Crippen LogP contribution in [0, 0.1) is 18.3 Å². The standard InChI is InChI=1S/C18H20N4O2/c1-14-20-8-11-22(14)18(17(23)24)6-9-21(10-7-18)13-16-4-2-15(12-19)3-5-16/h2-5,8,11H,6-7,9-10,13H2,1H3,(H,23,24). The normalized spacial score (nSPS) is 17.3. The first-order valence-corrected chi connectivity index (χ1v) is 8.00. The van der Waals surface area contributed by atoms with E-state index in [-0.39, 0.29) is 0 Å². The van der Waals surface area contributed by atoms with Gasteiger partial charge in [-0.3, -0.25) is 4.90 Å². The summed E-state index contributed by atoms with van der Waals surface area (Å²) in [6, 6.07) is 9.66. The molecule has 124 valence electrons. The molecule has 1 N–H and O–H groups in total. The highest BCUT2D eigenvalue weighted by Crippen LogP contribution is 2.32. The van der Waals surface area contributed by atoms with Gasteiger partial charge < -0.3 is 9.67 Å². The minimum Gasteiger partial charge on any atom is -0.479 e. The highest BCUT2D eigenvalue weighted by molar-refractivity contribution is 5.77. The first kappa shape index (κ1) is 16.2. The van der Waals surface area contributed by atoms with E-state index in [0.717, 1.165) is 17.9 Å². The number of rotatable bonds is 4. The molecule has 1 fully saturated rings. The Morgan fingerprint density at radius 3 is 2.50 bits per heavy atom. The van der Waals surface area contributed by atoms with Crippen LogP contribution in [0.1, 0.15) is 29.8 Å². The van der Waals surface area contributed by atoms with Crippen molar-refractivity contribution >= 4 is 5.97 Å². The Hall–Kier alpha value is -2.65. The number of nitriles is 1. The van der Waals surface area contributed by atoms with Gasteiger partial charge in [0.15, 0.2) is 0 Å². The summed E-state index contributed by atoms with van der Waals surface area (Å²) >= 11 is 0. The van der Waals surface area contributed by atoms with Gasteiger partial charge >= 0.3 is 5.97 Å². The van der Waals surface area contributed by atoms with Crippen molar-refractivity contribution in [3.63, 3.8) is 0 Å². The van der Waals surface area contributed by atoms with Crippen molar-refractivity contribution < 1.29 is 9.90 Å². The number of piperidine rings is 1. The maximum Gasteiger partial charge on any atom is 0.330 e. The van der Waals surface area contributed by atoms with Gasteiger partial charge in [-0.1, -0.05) is 12.1 Å². The summed E-state index contributed by atoms with van der Waals surface area (Å²) in [5, 5.41) is 18.7. The molecular weight excluding hydrogens is 304 g/mol. The summed E-state index contributed by atoms with van der Waals surface area (Å²) in [5.74, 6) is -0.0560. The predicted molar refractivity (Wildman–Crippen MR) is 88.2 cm³/mol. The number of carbonyl (C=O) groups is 1. The molecule has 0 radical (unpaired) electrons. The molecule has 0 bridgehead atoms. The number of benzene rings is 1. The number of likely N-dealkylation sites (tertiary alicyclic amines) is 1. The van der Waals surface area contributed by atoms with Crippen LogP contribution in [-0.2, 0) is 16.9 Å². The van der Waals surface area contributed by atoms with Crippen LogP contribution in [0.5, 0.6) is 0 Å². The number of nitrogens with zero attached hydrogens (tertiary/aromatic N) is 4. The molecule has 1 aliphatic rings. The molecule has 0 atom stereocenters. The quantitative estimate of drug-likeness (QED) is 0.932. The maximum absolute atomic E-state index is 12.0. The van der Waals surface area contributed by atoms with Crippen molar-refractivity contribution in [3.05, 3.63) is 53.6 Å². The Bertz CT molecular complexity index is 765. The Balaban J connectivity index is 1.70. The van der Waals surface area contributed by atoms with E-state index in [1.807, 2.05) is 31.2 Å². The lowest BCUT2D eigenvalue weighted by Crippen LogP contribution is -2.51. The van der Waals surface area contributed by atoms with Crippen LogP contribution in [0.2, 0.25) is 0 Å². The smallest absolute Gasteiger partial charge is 0.330 e. The molecule has 24 heavy (non-hydrogen) atoms. The monoisotopic (exact) mass is 324 g/mol. The Morgan fingerprint density at radius 2 is 2.00 bits per heavy atom. The lowest BCUT2D eigenvalue weighted by molar-refractivity contribution is -0.150. The fraction of sp³-hybridized carbons (Fsp3) is 0.389. The van der Waals surface area contributed by atoms with E-state index in [1.165, 1.54) is 0 Å². The maximum atomic E-state index is 12.0. The lowest BCUT2D eigenvalue weighted by atomic mass is 9.86. The topological polar surface area (TPSA) is 82.2 Å².